The fourth-order valence-corrected chi connectivity index (χ4v) is 1.83. The Balaban J connectivity index is 2.00. The Hall–Kier alpha value is -2.77. The predicted molar refractivity (Wildman–Crippen MR) is 82.4 cm³/mol. The third-order valence-electron chi connectivity index (χ3n) is 3.07. The fourth-order valence-electron chi connectivity index (χ4n) is 1.83. The number of hydrogen-bond donors (Lipinski definition) is 1. The van der Waals surface area contributed by atoms with E-state index < -0.39 is 0 Å². The molecule has 2 aromatic heterocycles. The zero-order chi connectivity index (χ0) is 16.1. The van der Waals surface area contributed by atoms with Crippen molar-refractivity contribution in [2.24, 2.45) is 0 Å². The summed E-state index contributed by atoms with van der Waals surface area (Å²) < 4.78 is 1.93. The first-order valence-corrected chi connectivity index (χ1v) is 6.86. The Morgan fingerprint density at radius 3 is 2.73 bits per heavy atom. The van der Waals surface area contributed by atoms with Gasteiger partial charge >= 0.3 is 0 Å². The summed E-state index contributed by atoms with van der Waals surface area (Å²) in [5.41, 5.74) is 6.12. The van der Waals surface area contributed by atoms with E-state index in [1.54, 1.807) is 36.7 Å². The molecule has 8 nitrogen and oxygen atoms in total. The summed E-state index contributed by atoms with van der Waals surface area (Å²) in [7, 11) is 1.71. The Morgan fingerprint density at radius 2 is 2.09 bits per heavy atom. The SMILES string of the molecule is CC(C)n1cnnc1CN(C)C(=O)/C=C/c1cnc(N)nc1. The van der Waals surface area contributed by atoms with E-state index in [9.17, 15) is 4.79 Å². The van der Waals surface area contributed by atoms with Crippen LogP contribution in [0.3, 0.4) is 0 Å². The first-order valence-electron chi connectivity index (χ1n) is 6.86. The maximum atomic E-state index is 12.1. The maximum Gasteiger partial charge on any atom is 0.246 e. The third kappa shape index (κ3) is 3.87. The van der Waals surface area contributed by atoms with Crippen molar-refractivity contribution in [1.29, 1.82) is 0 Å². The van der Waals surface area contributed by atoms with Gasteiger partial charge in [0.25, 0.3) is 0 Å². The standard InChI is InChI=1S/C14H19N7O/c1-10(2)21-9-18-19-12(21)8-20(3)13(22)5-4-11-6-16-14(15)17-7-11/h4-7,9-10H,8H2,1-3H3,(H2,15,16,17)/b5-4+. The van der Waals surface area contributed by atoms with Gasteiger partial charge in [-0.1, -0.05) is 0 Å². The Bertz CT molecular complexity index is 660. The monoisotopic (exact) mass is 301 g/mol. The van der Waals surface area contributed by atoms with Crippen LogP contribution in [0.5, 0.6) is 0 Å². The van der Waals surface area contributed by atoms with Crippen LogP contribution in [0.4, 0.5) is 5.95 Å². The van der Waals surface area contributed by atoms with Crippen LogP contribution in [-0.2, 0) is 11.3 Å². The van der Waals surface area contributed by atoms with Crippen LogP contribution < -0.4 is 5.73 Å². The first kappa shape index (κ1) is 15.6. The molecule has 116 valence electrons. The molecule has 0 atom stereocenters. The highest BCUT2D eigenvalue weighted by atomic mass is 16.2. The Morgan fingerprint density at radius 1 is 1.41 bits per heavy atom. The summed E-state index contributed by atoms with van der Waals surface area (Å²) in [5.74, 6) is 0.804. The van der Waals surface area contributed by atoms with Gasteiger partial charge in [0.05, 0.1) is 6.54 Å². The average Bonchev–Trinajstić information content (AvgIpc) is 2.94. The summed E-state index contributed by atoms with van der Waals surface area (Å²) in [6.07, 6.45) is 7.89. The number of carbonyl (C=O) groups is 1. The molecule has 2 N–H and O–H groups in total. The molecule has 0 aliphatic rings. The second kappa shape index (κ2) is 6.79. The van der Waals surface area contributed by atoms with Crippen molar-refractivity contribution in [2.45, 2.75) is 26.4 Å². The zero-order valence-corrected chi connectivity index (χ0v) is 12.8. The number of aromatic nitrogens is 5. The number of anilines is 1. The van der Waals surface area contributed by atoms with Gasteiger partial charge in [0.15, 0.2) is 5.82 Å². The van der Waals surface area contributed by atoms with Gasteiger partial charge in [0.2, 0.25) is 11.9 Å². The van der Waals surface area contributed by atoms with Gasteiger partial charge < -0.3 is 15.2 Å². The first-order chi connectivity index (χ1) is 10.5. The van der Waals surface area contributed by atoms with E-state index in [2.05, 4.69) is 20.2 Å². The minimum Gasteiger partial charge on any atom is -0.368 e. The molecular formula is C14H19N7O. The van der Waals surface area contributed by atoms with Gasteiger partial charge in [-0.2, -0.15) is 0 Å². The van der Waals surface area contributed by atoms with Gasteiger partial charge in [-0.3, -0.25) is 4.79 Å². The van der Waals surface area contributed by atoms with Gasteiger partial charge in [0, 0.05) is 37.1 Å². The molecule has 0 aromatic carbocycles. The van der Waals surface area contributed by atoms with Crippen LogP contribution in [0.1, 0.15) is 31.3 Å². The van der Waals surface area contributed by atoms with E-state index in [1.807, 2.05) is 18.4 Å². The lowest BCUT2D eigenvalue weighted by Crippen LogP contribution is -2.26. The molecule has 8 heteroatoms. The normalized spacial score (nSPS) is 11.3. The molecule has 0 fully saturated rings. The lowest BCUT2D eigenvalue weighted by molar-refractivity contribution is -0.125. The van der Waals surface area contributed by atoms with Crippen molar-refractivity contribution in [3.8, 4) is 0 Å². The van der Waals surface area contributed by atoms with E-state index in [0.29, 0.717) is 12.1 Å². The highest BCUT2D eigenvalue weighted by molar-refractivity contribution is 5.91. The largest absolute Gasteiger partial charge is 0.368 e. The van der Waals surface area contributed by atoms with Crippen LogP contribution >= 0.6 is 0 Å². The highest BCUT2D eigenvalue weighted by Crippen LogP contribution is 2.09. The number of hydrogen-bond acceptors (Lipinski definition) is 6. The van der Waals surface area contributed by atoms with E-state index in [-0.39, 0.29) is 17.9 Å². The quantitative estimate of drug-likeness (QED) is 0.823. The average molecular weight is 301 g/mol. The predicted octanol–water partition coefficient (Wildman–Crippen LogP) is 0.903. The maximum absolute atomic E-state index is 12.1. The molecule has 2 rings (SSSR count). The topological polar surface area (TPSA) is 103 Å². The van der Waals surface area contributed by atoms with Gasteiger partial charge in [-0.15, -0.1) is 10.2 Å². The van der Waals surface area contributed by atoms with Crippen LogP contribution in [0.15, 0.2) is 24.8 Å². The number of amides is 1. The molecule has 0 bridgehead atoms. The smallest absolute Gasteiger partial charge is 0.246 e. The van der Waals surface area contributed by atoms with E-state index in [4.69, 9.17) is 5.73 Å². The van der Waals surface area contributed by atoms with Gasteiger partial charge in [-0.05, 0) is 19.9 Å². The molecule has 22 heavy (non-hydrogen) atoms. The molecule has 2 heterocycles. The molecule has 0 saturated heterocycles. The second-order valence-electron chi connectivity index (χ2n) is 5.15. The summed E-state index contributed by atoms with van der Waals surface area (Å²) in [6.45, 7) is 4.46. The fraction of sp³-hybridized carbons (Fsp3) is 0.357. The molecule has 0 unspecified atom stereocenters. The Labute approximate surface area is 128 Å². The number of rotatable bonds is 5. The summed E-state index contributed by atoms with van der Waals surface area (Å²) in [6, 6.07) is 0.246. The molecule has 0 aliphatic heterocycles. The molecule has 0 spiro atoms. The van der Waals surface area contributed by atoms with Crippen molar-refractivity contribution in [3.63, 3.8) is 0 Å². The van der Waals surface area contributed by atoms with Crippen LogP contribution in [-0.4, -0.2) is 42.6 Å². The van der Waals surface area contributed by atoms with E-state index in [0.717, 1.165) is 5.82 Å². The summed E-state index contributed by atoms with van der Waals surface area (Å²) >= 11 is 0. The third-order valence-corrected chi connectivity index (χ3v) is 3.07. The molecule has 0 saturated carbocycles. The zero-order valence-electron chi connectivity index (χ0n) is 12.8. The summed E-state index contributed by atoms with van der Waals surface area (Å²) in [5, 5.41) is 7.94. The van der Waals surface area contributed by atoms with Crippen molar-refractivity contribution < 1.29 is 4.79 Å². The van der Waals surface area contributed by atoms with Gasteiger partial charge in [0.1, 0.15) is 6.33 Å². The van der Waals surface area contributed by atoms with Crippen molar-refractivity contribution in [1.82, 2.24) is 29.6 Å². The van der Waals surface area contributed by atoms with E-state index >= 15 is 0 Å². The minimum absolute atomic E-state index is 0.143. The Kier molecular flexibility index (Phi) is 4.82. The minimum atomic E-state index is -0.143. The van der Waals surface area contributed by atoms with Crippen LogP contribution in [0.2, 0.25) is 0 Å². The second-order valence-corrected chi connectivity index (χ2v) is 5.15. The lowest BCUT2D eigenvalue weighted by atomic mass is 10.3. The van der Waals surface area contributed by atoms with E-state index in [1.165, 1.54) is 6.08 Å². The lowest BCUT2D eigenvalue weighted by Gasteiger charge is -2.16. The molecular weight excluding hydrogens is 282 g/mol. The number of nitrogens with two attached hydrogens (primary N) is 1. The number of nitrogens with zero attached hydrogens (tertiary/aromatic N) is 6. The van der Waals surface area contributed by atoms with Gasteiger partial charge in [-0.25, -0.2) is 9.97 Å². The number of likely N-dealkylation sites (N-methyl/N-ethyl adjacent to an activating group) is 1. The van der Waals surface area contributed by atoms with Crippen molar-refractivity contribution in [3.05, 3.63) is 36.2 Å². The van der Waals surface area contributed by atoms with Crippen molar-refractivity contribution in [2.75, 3.05) is 12.8 Å². The number of nitrogen functional groups attached to an aromatic ring is 1. The molecule has 2 aromatic rings. The van der Waals surface area contributed by atoms with Crippen LogP contribution in [0, 0.1) is 0 Å². The summed E-state index contributed by atoms with van der Waals surface area (Å²) in [4.78, 5) is 21.4. The molecule has 1 amide bonds. The molecule has 0 aliphatic carbocycles. The number of carbonyl (C=O) groups excluding carboxylic acids is 1. The molecule has 0 radical (unpaired) electrons. The highest BCUT2D eigenvalue weighted by Gasteiger charge is 2.12. The van der Waals surface area contributed by atoms with Crippen LogP contribution in [0.25, 0.3) is 6.08 Å². The van der Waals surface area contributed by atoms with Crippen molar-refractivity contribution >= 4 is 17.9 Å².